The number of ether oxygens (including phenoxy) is 1. The van der Waals surface area contributed by atoms with E-state index in [2.05, 4.69) is 4.74 Å². The molecule has 1 N–H and O–H groups in total. The number of aromatic nitrogens is 1. The summed E-state index contributed by atoms with van der Waals surface area (Å²) in [6.07, 6.45) is -3.78. The molecule has 1 aromatic heterocycles. The fourth-order valence-electron chi connectivity index (χ4n) is 1.29. The lowest BCUT2D eigenvalue weighted by atomic mass is 10.1. The third-order valence-electron chi connectivity index (χ3n) is 2.14. The van der Waals surface area contributed by atoms with E-state index in [9.17, 15) is 28.5 Å². The van der Waals surface area contributed by atoms with Gasteiger partial charge >= 0.3 is 17.3 Å². The first-order valence-corrected chi connectivity index (χ1v) is 4.62. The Morgan fingerprint density at radius 1 is 1.61 bits per heavy atom. The van der Waals surface area contributed by atoms with E-state index >= 15 is 0 Å². The topological polar surface area (TPSA) is 102 Å². The summed E-state index contributed by atoms with van der Waals surface area (Å²) in [5.41, 5.74) is -2.50. The molecule has 98 valence electrons. The molecule has 1 heterocycles. The van der Waals surface area contributed by atoms with Gasteiger partial charge in [-0.15, -0.1) is 0 Å². The third-order valence-corrected chi connectivity index (χ3v) is 2.14. The van der Waals surface area contributed by atoms with E-state index in [-0.39, 0.29) is 0 Å². The molecule has 0 saturated carbocycles. The molecule has 0 aliphatic rings. The maximum absolute atomic E-state index is 12.7. The number of aromatic amines is 1. The van der Waals surface area contributed by atoms with Gasteiger partial charge in [0.25, 0.3) is 6.43 Å². The van der Waals surface area contributed by atoms with Gasteiger partial charge in [0, 0.05) is 11.6 Å². The van der Waals surface area contributed by atoms with Crippen LogP contribution in [-0.4, -0.2) is 23.0 Å². The average Bonchev–Trinajstić information content (AvgIpc) is 2.30. The zero-order valence-corrected chi connectivity index (χ0v) is 9.11. The number of nitro groups is 1. The van der Waals surface area contributed by atoms with Crippen LogP contribution >= 0.6 is 0 Å². The summed E-state index contributed by atoms with van der Waals surface area (Å²) < 4.78 is 29.6. The number of pyridine rings is 1. The van der Waals surface area contributed by atoms with Gasteiger partial charge in [-0.3, -0.25) is 4.79 Å². The van der Waals surface area contributed by atoms with Crippen LogP contribution in [0.2, 0.25) is 0 Å². The molecule has 0 spiro atoms. The Hall–Kier alpha value is -2.32. The number of nitrogens with one attached hydrogen (secondary N) is 1. The fourth-order valence-corrected chi connectivity index (χ4v) is 1.29. The number of carbonyl (C=O) groups excluding carboxylic acids is 1. The fraction of sp³-hybridized carbons (Fsp3) is 0.333. The number of halogens is 2. The van der Waals surface area contributed by atoms with Gasteiger partial charge < -0.3 is 14.9 Å². The molecule has 1 rings (SSSR count). The summed E-state index contributed by atoms with van der Waals surface area (Å²) in [4.78, 5) is 33.6. The second-order valence-electron chi connectivity index (χ2n) is 3.23. The molecule has 18 heavy (non-hydrogen) atoms. The highest BCUT2D eigenvalue weighted by atomic mass is 19.3. The molecular formula is C9H8F2N2O5. The standard InChI is InChI=1S/C9H8F2N2O5/c1-18-7(14)3-5-4(8(10)11)2-6(13(16)17)12-9(5)15/h2,8H,3H2,1H3,(H,12,15). The second-order valence-corrected chi connectivity index (χ2v) is 3.23. The molecule has 0 bridgehead atoms. The first-order chi connectivity index (χ1) is 8.36. The van der Waals surface area contributed by atoms with Crippen molar-refractivity contribution < 1.29 is 23.2 Å². The predicted octanol–water partition coefficient (Wildman–Crippen LogP) is 0.936. The summed E-state index contributed by atoms with van der Waals surface area (Å²) in [6, 6.07) is 0.532. The maximum Gasteiger partial charge on any atom is 0.336 e. The minimum atomic E-state index is -3.11. The molecule has 0 aliphatic carbocycles. The molecule has 0 saturated heterocycles. The van der Waals surface area contributed by atoms with E-state index in [0.717, 1.165) is 7.11 Å². The van der Waals surface area contributed by atoms with Gasteiger partial charge in [0.2, 0.25) is 0 Å². The van der Waals surface area contributed by atoms with E-state index in [4.69, 9.17) is 0 Å². The Morgan fingerprint density at radius 3 is 2.67 bits per heavy atom. The monoisotopic (exact) mass is 262 g/mol. The quantitative estimate of drug-likeness (QED) is 0.494. The van der Waals surface area contributed by atoms with E-state index in [0.29, 0.717) is 6.07 Å². The Labute approximate surface area is 98.5 Å². The van der Waals surface area contributed by atoms with E-state index in [1.54, 1.807) is 4.98 Å². The minimum Gasteiger partial charge on any atom is -0.469 e. The van der Waals surface area contributed by atoms with Crippen LogP contribution < -0.4 is 5.56 Å². The van der Waals surface area contributed by atoms with Crippen molar-refractivity contribution in [1.82, 2.24) is 4.98 Å². The third kappa shape index (κ3) is 2.87. The van der Waals surface area contributed by atoms with Crippen molar-refractivity contribution in [3.05, 3.63) is 37.7 Å². The summed E-state index contributed by atoms with van der Waals surface area (Å²) in [5.74, 6) is -1.75. The Kier molecular flexibility index (Phi) is 4.08. The van der Waals surface area contributed by atoms with Crippen molar-refractivity contribution in [1.29, 1.82) is 0 Å². The molecule has 0 atom stereocenters. The minimum absolute atomic E-state index is 0.532. The van der Waals surface area contributed by atoms with Gasteiger partial charge in [-0.25, -0.2) is 18.6 Å². The first kappa shape index (κ1) is 13.7. The van der Waals surface area contributed by atoms with Crippen molar-refractivity contribution in [2.75, 3.05) is 7.11 Å². The highest BCUT2D eigenvalue weighted by molar-refractivity contribution is 5.72. The molecule has 0 radical (unpaired) electrons. The van der Waals surface area contributed by atoms with Gasteiger partial charge in [0.1, 0.15) is 0 Å². The Balaban J connectivity index is 3.36. The van der Waals surface area contributed by atoms with Crippen molar-refractivity contribution >= 4 is 11.8 Å². The summed E-state index contributed by atoms with van der Waals surface area (Å²) in [7, 11) is 1.03. The summed E-state index contributed by atoms with van der Waals surface area (Å²) in [5, 5.41) is 10.4. The maximum atomic E-state index is 12.7. The van der Waals surface area contributed by atoms with Crippen LogP contribution in [0.1, 0.15) is 17.6 Å². The molecule has 0 amide bonds. The molecule has 1 aromatic rings. The molecule has 0 aromatic carbocycles. The number of methoxy groups -OCH3 is 1. The van der Waals surface area contributed by atoms with Crippen LogP contribution in [0.4, 0.5) is 14.6 Å². The zero-order valence-electron chi connectivity index (χ0n) is 9.11. The number of hydrogen-bond acceptors (Lipinski definition) is 5. The molecule has 0 unspecified atom stereocenters. The lowest BCUT2D eigenvalue weighted by molar-refractivity contribution is -0.389. The first-order valence-electron chi connectivity index (χ1n) is 4.62. The molecule has 9 heteroatoms. The highest BCUT2D eigenvalue weighted by Crippen LogP contribution is 2.23. The molecule has 7 nitrogen and oxygen atoms in total. The van der Waals surface area contributed by atoms with E-state index in [1.807, 2.05) is 0 Å². The summed E-state index contributed by atoms with van der Waals surface area (Å²) in [6.45, 7) is 0. The number of carbonyl (C=O) groups is 1. The largest absolute Gasteiger partial charge is 0.469 e. The van der Waals surface area contributed by atoms with Crippen LogP contribution in [0, 0.1) is 10.1 Å². The highest BCUT2D eigenvalue weighted by Gasteiger charge is 2.23. The van der Waals surface area contributed by atoms with Crippen LogP contribution in [0.5, 0.6) is 0 Å². The van der Waals surface area contributed by atoms with Crippen molar-refractivity contribution in [3.8, 4) is 0 Å². The van der Waals surface area contributed by atoms with Crippen molar-refractivity contribution in [3.63, 3.8) is 0 Å². The van der Waals surface area contributed by atoms with Crippen LogP contribution in [0.3, 0.4) is 0 Å². The molecule has 0 fully saturated rings. The number of nitrogens with zero attached hydrogens (tertiary/aromatic N) is 1. The number of H-pyrrole nitrogens is 1. The Morgan fingerprint density at radius 2 is 2.22 bits per heavy atom. The normalized spacial score (nSPS) is 10.4. The smallest absolute Gasteiger partial charge is 0.336 e. The van der Waals surface area contributed by atoms with Gasteiger partial charge in [0.05, 0.1) is 19.1 Å². The molecular weight excluding hydrogens is 254 g/mol. The van der Waals surface area contributed by atoms with Gasteiger partial charge in [0.15, 0.2) is 0 Å². The lowest BCUT2D eigenvalue weighted by Gasteiger charge is -2.06. The SMILES string of the molecule is COC(=O)Cc1c(C(F)F)cc([N+](=O)[O-])[nH]c1=O. The zero-order chi connectivity index (χ0) is 13.9. The van der Waals surface area contributed by atoms with Crippen molar-refractivity contribution in [2.45, 2.75) is 12.8 Å². The lowest BCUT2D eigenvalue weighted by Crippen LogP contribution is -2.21. The number of esters is 1. The Bertz CT molecular complexity index is 540. The number of alkyl halides is 2. The predicted molar refractivity (Wildman–Crippen MR) is 54.4 cm³/mol. The van der Waals surface area contributed by atoms with Crippen molar-refractivity contribution in [2.24, 2.45) is 0 Å². The molecule has 0 aliphatic heterocycles. The number of rotatable bonds is 4. The average molecular weight is 262 g/mol. The van der Waals surface area contributed by atoms with E-state index in [1.165, 1.54) is 0 Å². The van der Waals surface area contributed by atoms with Gasteiger partial charge in [-0.05, 0) is 4.92 Å². The van der Waals surface area contributed by atoms with E-state index < -0.39 is 46.2 Å². The van der Waals surface area contributed by atoms with Crippen LogP contribution in [0.25, 0.3) is 0 Å². The van der Waals surface area contributed by atoms with Crippen LogP contribution in [0.15, 0.2) is 10.9 Å². The van der Waals surface area contributed by atoms with Gasteiger partial charge in [-0.2, -0.15) is 0 Å². The van der Waals surface area contributed by atoms with Crippen LogP contribution in [-0.2, 0) is 16.0 Å². The summed E-state index contributed by atoms with van der Waals surface area (Å²) >= 11 is 0. The second kappa shape index (κ2) is 5.34. The number of hydrogen-bond donors (Lipinski definition) is 1. The van der Waals surface area contributed by atoms with Gasteiger partial charge in [-0.1, -0.05) is 0 Å².